The topological polar surface area (TPSA) is 464 Å². The van der Waals surface area contributed by atoms with Gasteiger partial charge in [-0.2, -0.15) is 0 Å². The molecule has 0 rings (SSSR count). The molecule has 0 aliphatic heterocycles. The smallest absolute Gasteiger partial charge is 0.756 e. The summed E-state index contributed by atoms with van der Waals surface area (Å²) in [5, 5.41) is 0. The Morgan fingerprint density at radius 2 is 0.308 bits per heavy atom. The monoisotopic (exact) mass is 1810 g/mol. The number of hydrogen-bond acceptors (Lipinski definition) is 20. The van der Waals surface area contributed by atoms with Gasteiger partial charge in [-0.05, 0) is 293 Å². The van der Waals surface area contributed by atoms with E-state index in [4.69, 9.17) is 39.1 Å². The van der Waals surface area contributed by atoms with Gasteiger partial charge in [-0.3, -0.25) is 18.3 Å². The van der Waals surface area contributed by atoms with Crippen LogP contribution >= 0.6 is 62.6 Å². The Bertz CT molecular complexity index is 3330. The van der Waals surface area contributed by atoms with Crippen LogP contribution < -0.4 is 19.6 Å². The van der Waals surface area contributed by atoms with E-state index in [0.29, 0.717) is 0 Å². The Labute approximate surface area is 702 Å². The molecule has 0 aromatic heterocycles. The van der Waals surface area contributed by atoms with E-state index in [1.165, 1.54) is 66.9 Å². The van der Waals surface area contributed by atoms with Crippen molar-refractivity contribution in [2.24, 2.45) is 0 Å². The second-order valence-corrected chi connectivity index (χ2v) is 40.6. The summed E-state index contributed by atoms with van der Waals surface area (Å²) in [7, 11) is -40.7. The average molecular weight is 1810 g/mol. The van der Waals surface area contributed by atoms with E-state index in [9.17, 15) is 56.1 Å². The van der Waals surface area contributed by atoms with Crippen molar-refractivity contribution in [1.29, 1.82) is 0 Å². The van der Waals surface area contributed by atoms with E-state index >= 15 is 0 Å². The van der Waals surface area contributed by atoms with E-state index in [1.807, 2.05) is 27.7 Å². The van der Waals surface area contributed by atoms with Gasteiger partial charge in [-0.25, -0.2) is 35.5 Å². The molecule has 0 heterocycles. The summed E-state index contributed by atoms with van der Waals surface area (Å²) in [5.74, 6) is 0. The maximum Gasteiger partial charge on any atom is 4.00 e. The molecule has 117 heavy (non-hydrogen) atoms. The Balaban J connectivity index is -0.000000475. The second-order valence-electron chi connectivity index (χ2n) is 29.5. The van der Waals surface area contributed by atoms with Crippen LogP contribution in [0.1, 0.15) is 293 Å². The number of phosphoric ester groups is 4. The van der Waals surface area contributed by atoms with E-state index in [1.54, 1.807) is 24.3 Å². The van der Waals surface area contributed by atoms with E-state index < -0.39 is 62.6 Å². The van der Waals surface area contributed by atoms with Crippen molar-refractivity contribution in [2.75, 3.05) is 26.4 Å². The van der Waals surface area contributed by atoms with Crippen LogP contribution in [0.25, 0.3) is 0 Å². The maximum atomic E-state index is 11.2. The fourth-order valence-electron chi connectivity index (χ4n) is 9.65. The third kappa shape index (κ3) is 95.0. The van der Waals surface area contributed by atoms with Crippen LogP contribution in [0.3, 0.4) is 0 Å². The number of phosphoric acid groups is 8. The summed E-state index contributed by atoms with van der Waals surface area (Å²) < 4.78 is 119. The molecule has 8 N–H and O–H groups in total. The van der Waals surface area contributed by atoms with Crippen molar-refractivity contribution in [3.63, 3.8) is 0 Å². The fourth-order valence-corrected chi connectivity index (χ4v) is 15.6. The first-order valence-corrected chi connectivity index (χ1v) is 50.5. The molecule has 36 heteroatoms. The zero-order valence-electron chi connectivity index (χ0n) is 72.9. The maximum absolute atomic E-state index is 11.2. The molecule has 0 aromatic rings. The minimum atomic E-state index is -5.14. The third-order valence-electron chi connectivity index (χ3n) is 16.1. The van der Waals surface area contributed by atoms with Crippen molar-refractivity contribution in [3.8, 4) is 0 Å². The van der Waals surface area contributed by atoms with Crippen LogP contribution in [0, 0.1) is 7.43 Å². The Hall–Kier alpha value is -3.12. The number of rotatable bonds is 56. The van der Waals surface area contributed by atoms with Gasteiger partial charge in [0, 0.05) is 0 Å². The Morgan fingerprint density at radius 1 is 0.205 bits per heavy atom. The Morgan fingerprint density at radius 3 is 0.410 bits per heavy atom. The molecule has 0 amide bonds. The molecule has 28 nitrogen and oxygen atoms in total. The van der Waals surface area contributed by atoms with Gasteiger partial charge < -0.3 is 76.8 Å². The van der Waals surface area contributed by atoms with E-state index in [2.05, 4.69) is 219 Å². The van der Waals surface area contributed by atoms with Crippen molar-refractivity contribution >= 4 is 62.6 Å². The second kappa shape index (κ2) is 67.3. The number of allylic oxidation sites excluding steroid dienone is 28. The fraction of sp³-hybridized carbons (Fsp3) is 0.593. The van der Waals surface area contributed by atoms with Gasteiger partial charge >= 0.3 is 38.7 Å². The van der Waals surface area contributed by atoms with Gasteiger partial charge in [-0.15, -0.1) is 0 Å². The molecule has 0 radical (unpaired) electrons. The van der Waals surface area contributed by atoms with Gasteiger partial charge in [0.05, 0.1) is 26.4 Å². The SMILES string of the molecule is CC(C)=CCC/C(C)=C/CC/C(C)=C/CC/C(C)=C/COP(=O)([O-])OP(=O)(O)O.CC(C)=CCC/C(C)=C/CC/C(C)=C/CC/C(C)=C/COP(=O)([O-])OP(=O)(O)O.CC(C)=CCC/C(C)=C/CC/C(C)=C/CC/C(C)=C/COP(=O)([O-])OP(=O)(O)O.CC(C)=CCC/C(C)=C/CC/C(C)=C/CC/C(C)=C/COP(=O)([O-])OP(=O)(O)O.[C+4]. The molecule has 672 valence electrons. The predicted octanol–water partition coefficient (Wildman–Crippen LogP) is 23.0. The van der Waals surface area contributed by atoms with Gasteiger partial charge in [-0.1, -0.05) is 186 Å². The van der Waals surface area contributed by atoms with Crippen molar-refractivity contribution in [3.05, 3.63) is 194 Å². The summed E-state index contributed by atoms with van der Waals surface area (Å²) in [5.41, 5.74) is 19.9. The normalized spacial score (nSPS) is 15.8. The van der Waals surface area contributed by atoms with E-state index in [0.717, 1.165) is 176 Å². The molecule has 0 aromatic carbocycles. The van der Waals surface area contributed by atoms with Crippen LogP contribution in [0.5, 0.6) is 0 Å². The first kappa shape index (κ1) is 122. The summed E-state index contributed by atoms with van der Waals surface area (Å²) in [6.45, 7) is 40.0. The number of hydrogen-bond donors (Lipinski definition) is 8. The molecule has 0 bridgehead atoms. The molecule has 0 fully saturated rings. The largest absolute Gasteiger partial charge is 4.00 e. The van der Waals surface area contributed by atoms with Gasteiger partial charge in [0.25, 0.3) is 31.3 Å². The summed E-state index contributed by atoms with van der Waals surface area (Å²) in [4.78, 5) is 113. The van der Waals surface area contributed by atoms with Gasteiger partial charge in [0.2, 0.25) is 0 Å². The Kier molecular flexibility index (Phi) is 70.4. The summed E-state index contributed by atoms with van der Waals surface area (Å²) in [6.07, 6.45) is 56.1. The molecule has 0 saturated carbocycles. The third-order valence-corrected chi connectivity index (χ3v) is 24.6. The van der Waals surface area contributed by atoms with Crippen LogP contribution in [0.4, 0.5) is 0 Å². The minimum Gasteiger partial charge on any atom is -0.756 e. The predicted molar refractivity (Wildman–Crippen MR) is 464 cm³/mol. The van der Waals surface area contributed by atoms with Crippen LogP contribution in [-0.2, 0) is 71.9 Å². The minimum absolute atomic E-state index is 0. The van der Waals surface area contributed by atoms with Crippen LogP contribution in [0.2, 0.25) is 0 Å². The average Bonchev–Trinajstić information content (AvgIpc) is 0.900. The quantitative estimate of drug-likeness (QED) is 0.0207. The molecule has 0 aliphatic carbocycles. The van der Waals surface area contributed by atoms with Crippen molar-refractivity contribution in [2.45, 2.75) is 293 Å². The molecular formula is C81H140O28P8. The first-order valence-electron chi connectivity index (χ1n) is 38.5. The zero-order chi connectivity index (χ0) is 90.0. The van der Waals surface area contributed by atoms with Crippen molar-refractivity contribution in [1.82, 2.24) is 0 Å². The summed E-state index contributed by atoms with van der Waals surface area (Å²) in [6, 6.07) is 0. The first-order chi connectivity index (χ1) is 53.2. The zero-order valence-corrected chi connectivity index (χ0v) is 80.0. The molecule has 0 spiro atoms. The summed E-state index contributed by atoms with van der Waals surface area (Å²) >= 11 is 0. The molecule has 0 aliphatic rings. The molecule has 4 atom stereocenters. The van der Waals surface area contributed by atoms with Gasteiger partial charge in [0.15, 0.2) is 0 Å². The van der Waals surface area contributed by atoms with Gasteiger partial charge in [0.1, 0.15) is 0 Å². The van der Waals surface area contributed by atoms with Crippen LogP contribution in [-0.4, -0.2) is 65.6 Å². The molecule has 0 saturated heterocycles. The van der Waals surface area contributed by atoms with Crippen LogP contribution in [0.15, 0.2) is 186 Å². The molecular weight excluding hydrogens is 1670 g/mol. The van der Waals surface area contributed by atoms with E-state index in [-0.39, 0.29) is 33.9 Å². The van der Waals surface area contributed by atoms with Crippen molar-refractivity contribution < 1.29 is 131 Å². The standard InChI is InChI=1S/4C20H36O7P2.C/c4*1-17(2)9-6-10-18(3)11-7-12-19(4)13-8-14-20(5)15-16-26-29(24,25)27-28(21,22)23;/h4*9,11,13,15H,6-8,10,12,14,16H2,1-5H3,(H,24,25)(H2,21,22,23);/q;;;;+4/p-4/b4*18-11+,19-13+,20-15+;. The molecule has 4 unspecified atom stereocenters.